The zero-order chi connectivity index (χ0) is 17.4. The molecule has 3 aromatic rings. The average Bonchev–Trinajstić information content (AvgIpc) is 3.28. The predicted octanol–water partition coefficient (Wildman–Crippen LogP) is 4.05. The van der Waals surface area contributed by atoms with E-state index in [1.807, 2.05) is 26.0 Å². The Labute approximate surface area is 154 Å². The highest BCUT2D eigenvalue weighted by Crippen LogP contribution is 2.40. The van der Waals surface area contributed by atoms with Gasteiger partial charge in [-0.3, -0.25) is 4.79 Å². The fraction of sp³-hybridized carbons (Fsp3) is 0.389. The molecular formula is C18H19N3O2S2. The van der Waals surface area contributed by atoms with Gasteiger partial charge in [-0.1, -0.05) is 11.8 Å². The SMILES string of the molecule is Cc1nc(SCC(=O)N[C@@H](C)c2ccco2)c2c3c(sc2n1)CCC3. The minimum Gasteiger partial charge on any atom is -0.467 e. The van der Waals surface area contributed by atoms with E-state index in [1.54, 1.807) is 17.6 Å². The van der Waals surface area contributed by atoms with Crippen molar-refractivity contribution >= 4 is 39.2 Å². The molecule has 1 amide bonds. The van der Waals surface area contributed by atoms with E-state index in [2.05, 4.69) is 15.3 Å². The van der Waals surface area contributed by atoms with Gasteiger partial charge in [0.25, 0.3) is 0 Å². The van der Waals surface area contributed by atoms with E-state index in [4.69, 9.17) is 4.42 Å². The van der Waals surface area contributed by atoms with E-state index in [9.17, 15) is 4.79 Å². The maximum Gasteiger partial charge on any atom is 0.230 e. The second kappa shape index (κ2) is 6.80. The van der Waals surface area contributed by atoms with Crippen molar-refractivity contribution in [3.8, 4) is 0 Å². The lowest BCUT2D eigenvalue weighted by Gasteiger charge is -2.11. The Morgan fingerprint density at radius 3 is 3.12 bits per heavy atom. The molecule has 3 aromatic heterocycles. The molecule has 0 bridgehead atoms. The number of amides is 1. The number of rotatable bonds is 5. The van der Waals surface area contributed by atoms with Gasteiger partial charge in [-0.25, -0.2) is 9.97 Å². The number of fused-ring (bicyclic) bond motifs is 3. The Balaban J connectivity index is 1.50. The first-order chi connectivity index (χ1) is 12.1. The number of carbonyl (C=O) groups is 1. The van der Waals surface area contributed by atoms with Crippen LogP contribution in [-0.4, -0.2) is 21.6 Å². The Morgan fingerprint density at radius 1 is 1.44 bits per heavy atom. The zero-order valence-corrected chi connectivity index (χ0v) is 15.8. The maximum atomic E-state index is 12.3. The Hall–Kier alpha value is -1.86. The monoisotopic (exact) mass is 373 g/mol. The van der Waals surface area contributed by atoms with Crippen LogP contribution >= 0.6 is 23.1 Å². The first kappa shape index (κ1) is 16.6. The van der Waals surface area contributed by atoms with Crippen LogP contribution in [0.2, 0.25) is 0 Å². The summed E-state index contributed by atoms with van der Waals surface area (Å²) in [6.07, 6.45) is 5.05. The van der Waals surface area contributed by atoms with Crippen LogP contribution in [0.5, 0.6) is 0 Å². The molecule has 1 atom stereocenters. The van der Waals surface area contributed by atoms with Crippen LogP contribution in [0.1, 0.15) is 41.4 Å². The topological polar surface area (TPSA) is 68.0 Å². The smallest absolute Gasteiger partial charge is 0.230 e. The fourth-order valence-corrected chi connectivity index (χ4v) is 5.48. The van der Waals surface area contributed by atoms with Crippen LogP contribution in [-0.2, 0) is 17.6 Å². The number of aromatic nitrogens is 2. The number of hydrogen-bond acceptors (Lipinski definition) is 6. The van der Waals surface area contributed by atoms with E-state index < -0.39 is 0 Å². The summed E-state index contributed by atoms with van der Waals surface area (Å²) in [7, 11) is 0. The molecule has 1 N–H and O–H groups in total. The molecule has 3 heterocycles. The molecule has 130 valence electrons. The fourth-order valence-electron chi connectivity index (χ4n) is 3.19. The van der Waals surface area contributed by atoms with E-state index in [1.165, 1.54) is 34.0 Å². The van der Waals surface area contributed by atoms with Crippen LogP contribution in [0.15, 0.2) is 27.8 Å². The van der Waals surface area contributed by atoms with Crippen LogP contribution in [0, 0.1) is 6.92 Å². The number of carbonyl (C=O) groups excluding carboxylic acids is 1. The van der Waals surface area contributed by atoms with E-state index in [0.29, 0.717) is 5.75 Å². The summed E-state index contributed by atoms with van der Waals surface area (Å²) < 4.78 is 5.33. The lowest BCUT2D eigenvalue weighted by molar-refractivity contribution is -0.119. The number of thiophene rings is 1. The van der Waals surface area contributed by atoms with Crippen LogP contribution in [0.4, 0.5) is 0 Å². The van der Waals surface area contributed by atoms with Gasteiger partial charge in [0.2, 0.25) is 5.91 Å². The van der Waals surface area contributed by atoms with E-state index in [0.717, 1.165) is 34.3 Å². The molecule has 5 nitrogen and oxygen atoms in total. The Kier molecular flexibility index (Phi) is 4.52. The predicted molar refractivity (Wildman–Crippen MR) is 100 cm³/mol. The molecule has 0 saturated carbocycles. The third-order valence-corrected chi connectivity index (χ3v) is 6.49. The van der Waals surface area contributed by atoms with Gasteiger partial charge in [0, 0.05) is 10.3 Å². The lowest BCUT2D eigenvalue weighted by atomic mass is 10.2. The highest BCUT2D eigenvalue weighted by molar-refractivity contribution is 8.00. The number of aryl methyl sites for hydroxylation is 3. The van der Waals surface area contributed by atoms with E-state index in [-0.39, 0.29) is 11.9 Å². The molecule has 25 heavy (non-hydrogen) atoms. The first-order valence-corrected chi connectivity index (χ1v) is 10.2. The second-order valence-electron chi connectivity index (χ2n) is 6.21. The van der Waals surface area contributed by atoms with Crippen molar-refractivity contribution in [2.45, 2.75) is 44.2 Å². The van der Waals surface area contributed by atoms with Crippen molar-refractivity contribution in [1.82, 2.24) is 15.3 Å². The summed E-state index contributed by atoms with van der Waals surface area (Å²) in [5.74, 6) is 1.83. The van der Waals surface area contributed by atoms with Gasteiger partial charge < -0.3 is 9.73 Å². The molecule has 1 aliphatic rings. The molecular weight excluding hydrogens is 354 g/mol. The van der Waals surface area contributed by atoms with Gasteiger partial charge in [0.1, 0.15) is 21.4 Å². The quantitative estimate of drug-likeness (QED) is 0.540. The molecule has 0 spiro atoms. The van der Waals surface area contributed by atoms with E-state index >= 15 is 0 Å². The van der Waals surface area contributed by atoms with Gasteiger partial charge in [-0.05, 0) is 50.8 Å². The summed E-state index contributed by atoms with van der Waals surface area (Å²) in [4.78, 5) is 24.0. The number of nitrogens with zero attached hydrogens (tertiary/aromatic N) is 2. The van der Waals surface area contributed by atoms with Crippen LogP contribution in [0.3, 0.4) is 0 Å². The summed E-state index contributed by atoms with van der Waals surface area (Å²) in [6.45, 7) is 3.83. The average molecular weight is 374 g/mol. The number of nitrogens with one attached hydrogen (secondary N) is 1. The third kappa shape index (κ3) is 3.30. The van der Waals surface area contributed by atoms with Crippen molar-refractivity contribution < 1.29 is 9.21 Å². The first-order valence-electron chi connectivity index (χ1n) is 8.36. The Morgan fingerprint density at radius 2 is 2.32 bits per heavy atom. The summed E-state index contributed by atoms with van der Waals surface area (Å²) >= 11 is 3.28. The number of thioether (sulfide) groups is 1. The molecule has 0 unspecified atom stereocenters. The van der Waals surface area contributed by atoms with Gasteiger partial charge in [-0.15, -0.1) is 11.3 Å². The molecule has 0 aromatic carbocycles. The van der Waals surface area contributed by atoms with Crippen molar-refractivity contribution in [3.05, 3.63) is 40.4 Å². The van der Waals surface area contributed by atoms with Crippen molar-refractivity contribution in [2.24, 2.45) is 0 Å². The Bertz CT molecular complexity index is 918. The van der Waals surface area contributed by atoms with Crippen LogP contribution in [0.25, 0.3) is 10.2 Å². The molecule has 0 radical (unpaired) electrons. The lowest BCUT2D eigenvalue weighted by Crippen LogP contribution is -2.27. The van der Waals surface area contributed by atoms with Crippen molar-refractivity contribution in [2.75, 3.05) is 5.75 Å². The molecule has 7 heteroatoms. The minimum absolute atomic E-state index is 0.0230. The van der Waals surface area contributed by atoms with Crippen molar-refractivity contribution in [1.29, 1.82) is 0 Å². The van der Waals surface area contributed by atoms with Crippen molar-refractivity contribution in [3.63, 3.8) is 0 Å². The number of hydrogen-bond donors (Lipinski definition) is 1. The summed E-state index contributed by atoms with van der Waals surface area (Å²) in [5.41, 5.74) is 1.40. The molecule has 1 aliphatic carbocycles. The number of furan rings is 1. The van der Waals surface area contributed by atoms with Gasteiger partial charge in [0.15, 0.2) is 0 Å². The highest BCUT2D eigenvalue weighted by atomic mass is 32.2. The normalized spacial score (nSPS) is 14.6. The standard InChI is InChI=1S/C18H19N3O2S2/c1-10(13-6-4-8-23-13)19-15(22)9-24-17-16-12-5-3-7-14(12)25-18(16)21-11(2)20-17/h4,6,8,10H,3,5,7,9H2,1-2H3,(H,19,22)/t10-/m0/s1. The minimum atomic E-state index is -0.138. The summed E-state index contributed by atoms with van der Waals surface area (Å²) in [6, 6.07) is 3.55. The third-order valence-electron chi connectivity index (χ3n) is 4.33. The highest BCUT2D eigenvalue weighted by Gasteiger charge is 2.22. The largest absolute Gasteiger partial charge is 0.467 e. The van der Waals surface area contributed by atoms with Gasteiger partial charge >= 0.3 is 0 Å². The summed E-state index contributed by atoms with van der Waals surface area (Å²) in [5, 5.41) is 5.07. The molecule has 0 fully saturated rings. The van der Waals surface area contributed by atoms with Gasteiger partial charge in [-0.2, -0.15) is 0 Å². The second-order valence-corrected chi connectivity index (χ2v) is 8.25. The maximum absolute atomic E-state index is 12.3. The zero-order valence-electron chi connectivity index (χ0n) is 14.2. The molecule has 4 rings (SSSR count). The molecule has 0 saturated heterocycles. The van der Waals surface area contributed by atoms with Crippen LogP contribution < -0.4 is 5.32 Å². The van der Waals surface area contributed by atoms with Gasteiger partial charge in [0.05, 0.1) is 18.1 Å². The molecule has 0 aliphatic heterocycles.